The molecule has 2 aliphatic heterocycles. The van der Waals surface area contributed by atoms with Gasteiger partial charge in [0.2, 0.25) is 0 Å². The Hall–Kier alpha value is -0.770. The van der Waals surface area contributed by atoms with E-state index in [-0.39, 0.29) is 18.3 Å². The van der Waals surface area contributed by atoms with Gasteiger partial charge in [-0.1, -0.05) is 11.6 Å². The lowest BCUT2D eigenvalue weighted by Gasteiger charge is -2.30. The van der Waals surface area contributed by atoms with Gasteiger partial charge in [-0.15, -0.1) is 12.4 Å². The number of rotatable bonds is 2. The maximum atomic E-state index is 12.1. The SMILES string of the molecule is Cl.O=C(N[C@@H]1C[C@H]2CCN(C2)C1)c1ccc(Cl)cc1. The first-order valence-electron chi connectivity index (χ1n) is 6.49. The molecule has 19 heavy (non-hydrogen) atoms. The molecule has 1 aromatic rings. The molecule has 0 radical (unpaired) electrons. The van der Waals surface area contributed by atoms with E-state index in [2.05, 4.69) is 10.2 Å². The summed E-state index contributed by atoms with van der Waals surface area (Å²) in [5.41, 5.74) is 0.687. The van der Waals surface area contributed by atoms with Crippen LogP contribution in [0.25, 0.3) is 0 Å². The van der Waals surface area contributed by atoms with Crippen molar-refractivity contribution in [1.29, 1.82) is 0 Å². The maximum absolute atomic E-state index is 12.1. The normalized spacial score (nSPS) is 28.6. The predicted molar refractivity (Wildman–Crippen MR) is 79.1 cm³/mol. The molecule has 0 saturated carbocycles. The zero-order chi connectivity index (χ0) is 12.5. The molecule has 2 bridgehead atoms. The zero-order valence-electron chi connectivity index (χ0n) is 10.6. The number of nitrogens with one attached hydrogen (secondary N) is 1. The molecule has 104 valence electrons. The fraction of sp³-hybridized carbons (Fsp3) is 0.500. The molecule has 1 amide bonds. The lowest BCUT2D eigenvalue weighted by Crippen LogP contribution is -2.46. The van der Waals surface area contributed by atoms with Gasteiger partial charge >= 0.3 is 0 Å². The lowest BCUT2D eigenvalue weighted by molar-refractivity contribution is 0.0909. The topological polar surface area (TPSA) is 32.3 Å². The predicted octanol–water partition coefficient (Wildman–Crippen LogP) is 2.59. The van der Waals surface area contributed by atoms with Crippen molar-refractivity contribution in [3.05, 3.63) is 34.9 Å². The van der Waals surface area contributed by atoms with Crippen LogP contribution in [0.1, 0.15) is 23.2 Å². The standard InChI is InChI=1S/C14H17ClN2O.ClH/c15-12-3-1-11(2-4-12)14(18)16-13-7-10-5-6-17(8-10)9-13;/h1-4,10,13H,5-9H2,(H,16,18);1H/t10-,13-;/m1./s1. The molecule has 5 heteroatoms. The number of nitrogens with zero attached hydrogens (tertiary/aromatic N) is 1. The molecule has 2 saturated heterocycles. The molecule has 1 aromatic carbocycles. The van der Waals surface area contributed by atoms with Gasteiger partial charge in [0.1, 0.15) is 0 Å². The highest BCUT2D eigenvalue weighted by Crippen LogP contribution is 2.26. The van der Waals surface area contributed by atoms with Gasteiger partial charge in [0.15, 0.2) is 0 Å². The Labute approximate surface area is 124 Å². The van der Waals surface area contributed by atoms with Crippen LogP contribution in [0, 0.1) is 5.92 Å². The van der Waals surface area contributed by atoms with Gasteiger partial charge in [0.05, 0.1) is 0 Å². The van der Waals surface area contributed by atoms with Gasteiger partial charge in [-0.05, 0) is 49.6 Å². The Morgan fingerprint density at radius 1 is 1.26 bits per heavy atom. The van der Waals surface area contributed by atoms with Crippen LogP contribution in [-0.2, 0) is 0 Å². The summed E-state index contributed by atoms with van der Waals surface area (Å²) in [5.74, 6) is 0.786. The number of amides is 1. The summed E-state index contributed by atoms with van der Waals surface area (Å²) < 4.78 is 0. The summed E-state index contributed by atoms with van der Waals surface area (Å²) in [7, 11) is 0. The van der Waals surface area contributed by atoms with E-state index in [4.69, 9.17) is 11.6 Å². The van der Waals surface area contributed by atoms with E-state index in [1.165, 1.54) is 19.5 Å². The van der Waals surface area contributed by atoms with E-state index in [0.717, 1.165) is 18.9 Å². The largest absolute Gasteiger partial charge is 0.348 e. The Morgan fingerprint density at radius 3 is 2.68 bits per heavy atom. The summed E-state index contributed by atoms with van der Waals surface area (Å²) in [6.45, 7) is 3.40. The molecule has 2 heterocycles. The van der Waals surface area contributed by atoms with Crippen molar-refractivity contribution in [2.24, 2.45) is 5.92 Å². The van der Waals surface area contributed by atoms with Gasteiger partial charge < -0.3 is 10.2 Å². The third-order valence-corrected chi connectivity index (χ3v) is 4.16. The van der Waals surface area contributed by atoms with E-state index < -0.39 is 0 Å². The molecule has 1 N–H and O–H groups in total. The molecule has 3 rings (SSSR count). The van der Waals surface area contributed by atoms with Crippen LogP contribution in [0.3, 0.4) is 0 Å². The average molecular weight is 301 g/mol. The maximum Gasteiger partial charge on any atom is 0.251 e. The monoisotopic (exact) mass is 300 g/mol. The number of piperidine rings is 1. The van der Waals surface area contributed by atoms with Gasteiger partial charge in [-0.2, -0.15) is 0 Å². The number of hydrogen-bond acceptors (Lipinski definition) is 2. The number of fused-ring (bicyclic) bond motifs is 2. The molecule has 0 spiro atoms. The van der Waals surface area contributed by atoms with Crippen molar-refractivity contribution >= 4 is 29.9 Å². The number of halogens is 2. The van der Waals surface area contributed by atoms with E-state index in [1.807, 2.05) is 0 Å². The molecule has 3 nitrogen and oxygen atoms in total. The molecule has 0 aromatic heterocycles. The van der Waals surface area contributed by atoms with E-state index in [0.29, 0.717) is 16.6 Å². The molecular formula is C14H18Cl2N2O. The summed E-state index contributed by atoms with van der Waals surface area (Å²) in [6, 6.07) is 7.36. The molecule has 0 aliphatic carbocycles. The van der Waals surface area contributed by atoms with E-state index >= 15 is 0 Å². The second-order valence-corrected chi connectivity index (χ2v) is 5.76. The summed E-state index contributed by atoms with van der Waals surface area (Å²) >= 11 is 5.82. The molecular weight excluding hydrogens is 283 g/mol. The number of carbonyl (C=O) groups is 1. The van der Waals surface area contributed by atoms with Crippen LogP contribution in [0.4, 0.5) is 0 Å². The minimum atomic E-state index is 0. The highest BCUT2D eigenvalue weighted by Gasteiger charge is 2.32. The molecule has 1 unspecified atom stereocenters. The van der Waals surface area contributed by atoms with E-state index in [1.54, 1.807) is 24.3 Å². The first kappa shape index (κ1) is 14.6. The van der Waals surface area contributed by atoms with Crippen LogP contribution in [0.2, 0.25) is 5.02 Å². The Kier molecular flexibility index (Phi) is 4.71. The summed E-state index contributed by atoms with van der Waals surface area (Å²) in [6.07, 6.45) is 2.41. The molecule has 2 aliphatic rings. The summed E-state index contributed by atoms with van der Waals surface area (Å²) in [4.78, 5) is 14.5. The highest BCUT2D eigenvalue weighted by atomic mass is 35.5. The smallest absolute Gasteiger partial charge is 0.251 e. The minimum absolute atomic E-state index is 0. The van der Waals surface area contributed by atoms with Crippen LogP contribution in [0.5, 0.6) is 0 Å². The summed E-state index contributed by atoms with van der Waals surface area (Å²) in [5, 5.41) is 3.79. The number of hydrogen-bond donors (Lipinski definition) is 1. The minimum Gasteiger partial charge on any atom is -0.348 e. The van der Waals surface area contributed by atoms with Gasteiger partial charge in [0, 0.05) is 29.7 Å². The van der Waals surface area contributed by atoms with Gasteiger partial charge in [0.25, 0.3) is 5.91 Å². The molecule has 3 atom stereocenters. The fourth-order valence-electron chi connectivity index (χ4n) is 3.03. The van der Waals surface area contributed by atoms with Crippen molar-refractivity contribution in [3.8, 4) is 0 Å². The average Bonchev–Trinajstić information content (AvgIpc) is 2.69. The number of carbonyl (C=O) groups excluding carboxylic acids is 1. The second-order valence-electron chi connectivity index (χ2n) is 5.33. The first-order valence-corrected chi connectivity index (χ1v) is 6.87. The van der Waals surface area contributed by atoms with Crippen molar-refractivity contribution < 1.29 is 4.79 Å². The zero-order valence-corrected chi connectivity index (χ0v) is 12.2. The van der Waals surface area contributed by atoms with Gasteiger partial charge in [-0.3, -0.25) is 4.79 Å². The Morgan fingerprint density at radius 2 is 2.00 bits per heavy atom. The highest BCUT2D eigenvalue weighted by molar-refractivity contribution is 6.30. The van der Waals surface area contributed by atoms with Crippen LogP contribution in [-0.4, -0.2) is 36.5 Å². The van der Waals surface area contributed by atoms with Crippen LogP contribution >= 0.6 is 24.0 Å². The molecule has 2 fully saturated rings. The Balaban J connectivity index is 0.00000133. The third kappa shape index (κ3) is 3.41. The lowest BCUT2D eigenvalue weighted by atomic mass is 9.96. The number of benzene rings is 1. The third-order valence-electron chi connectivity index (χ3n) is 3.91. The van der Waals surface area contributed by atoms with Crippen LogP contribution < -0.4 is 5.32 Å². The van der Waals surface area contributed by atoms with Gasteiger partial charge in [-0.25, -0.2) is 0 Å². The quantitative estimate of drug-likeness (QED) is 0.910. The van der Waals surface area contributed by atoms with E-state index in [9.17, 15) is 4.79 Å². The van der Waals surface area contributed by atoms with Crippen molar-refractivity contribution in [3.63, 3.8) is 0 Å². The van der Waals surface area contributed by atoms with Crippen molar-refractivity contribution in [1.82, 2.24) is 10.2 Å². The second kappa shape index (κ2) is 6.12. The van der Waals surface area contributed by atoms with Crippen LogP contribution in [0.15, 0.2) is 24.3 Å². The van der Waals surface area contributed by atoms with Crippen molar-refractivity contribution in [2.75, 3.05) is 19.6 Å². The Bertz CT molecular complexity index is 437. The first-order chi connectivity index (χ1) is 8.70. The fourth-order valence-corrected chi connectivity index (χ4v) is 3.16. The van der Waals surface area contributed by atoms with Crippen molar-refractivity contribution in [2.45, 2.75) is 18.9 Å².